The summed E-state index contributed by atoms with van der Waals surface area (Å²) in [5, 5.41) is 3.97. The number of carbonyl (C=O) groups is 2. The highest BCUT2D eigenvalue weighted by molar-refractivity contribution is 6.06. The number of benzene rings is 2. The highest BCUT2D eigenvalue weighted by Crippen LogP contribution is 2.30. The molecule has 1 saturated carbocycles. The molecular formula is C22H20N2O4. The average molecular weight is 376 g/mol. The summed E-state index contributed by atoms with van der Waals surface area (Å²) in [7, 11) is 1.54. The Morgan fingerprint density at radius 1 is 1.04 bits per heavy atom. The van der Waals surface area contributed by atoms with Crippen LogP contribution in [0.15, 0.2) is 59.4 Å². The minimum Gasteiger partial charge on any atom is -0.451 e. The van der Waals surface area contributed by atoms with E-state index in [1.807, 2.05) is 42.5 Å². The molecule has 1 amide bonds. The monoisotopic (exact) mass is 376 g/mol. The third kappa shape index (κ3) is 3.41. The lowest BCUT2D eigenvalue weighted by Crippen LogP contribution is -2.32. The molecule has 0 aliphatic heterocycles. The maximum absolute atomic E-state index is 12.9. The van der Waals surface area contributed by atoms with Crippen molar-refractivity contribution in [3.05, 3.63) is 70.6 Å². The fourth-order valence-corrected chi connectivity index (χ4v) is 3.30. The first-order valence-electron chi connectivity index (χ1n) is 9.20. The Kier molecular flexibility index (Phi) is 4.69. The summed E-state index contributed by atoms with van der Waals surface area (Å²) < 4.78 is 6.55. The summed E-state index contributed by atoms with van der Waals surface area (Å²) in [6, 6.07) is 16.7. The largest absolute Gasteiger partial charge is 0.451 e. The molecule has 1 N–H and O–H groups in total. The highest BCUT2D eigenvalue weighted by atomic mass is 16.5. The predicted octanol–water partition coefficient (Wildman–Crippen LogP) is 2.64. The molecule has 1 aliphatic rings. The fraction of sp³-hybridized carbons (Fsp3) is 0.227. The minimum atomic E-state index is -0.699. The summed E-state index contributed by atoms with van der Waals surface area (Å²) >= 11 is 0. The van der Waals surface area contributed by atoms with E-state index in [9.17, 15) is 14.4 Å². The molecule has 6 heteroatoms. The number of esters is 1. The van der Waals surface area contributed by atoms with Crippen LogP contribution in [0.25, 0.3) is 21.9 Å². The number of hydrogen-bond donors (Lipinski definition) is 1. The van der Waals surface area contributed by atoms with Crippen molar-refractivity contribution < 1.29 is 14.3 Å². The van der Waals surface area contributed by atoms with E-state index in [-0.39, 0.29) is 29.8 Å². The van der Waals surface area contributed by atoms with E-state index in [4.69, 9.17) is 4.74 Å². The van der Waals surface area contributed by atoms with Gasteiger partial charge in [0.2, 0.25) is 0 Å². The number of carbonyl (C=O) groups excluding carboxylic acids is 2. The van der Waals surface area contributed by atoms with Crippen LogP contribution < -0.4 is 10.9 Å². The molecule has 1 heterocycles. The van der Waals surface area contributed by atoms with Gasteiger partial charge < -0.3 is 14.6 Å². The Hall–Kier alpha value is -3.41. The van der Waals surface area contributed by atoms with Gasteiger partial charge in [0.15, 0.2) is 6.61 Å². The molecule has 1 aromatic heterocycles. The normalized spacial score (nSPS) is 13.3. The van der Waals surface area contributed by atoms with E-state index in [1.54, 1.807) is 19.2 Å². The Morgan fingerprint density at radius 2 is 1.68 bits per heavy atom. The van der Waals surface area contributed by atoms with Gasteiger partial charge in [-0.1, -0.05) is 48.5 Å². The molecule has 4 rings (SSSR count). The molecule has 2 aromatic carbocycles. The number of ether oxygens (including phenoxy) is 1. The molecule has 142 valence electrons. The zero-order valence-electron chi connectivity index (χ0n) is 15.5. The van der Waals surface area contributed by atoms with Crippen LogP contribution in [0.4, 0.5) is 0 Å². The number of amides is 1. The number of nitrogens with zero attached hydrogens (tertiary/aromatic N) is 1. The molecule has 1 aliphatic carbocycles. The summed E-state index contributed by atoms with van der Waals surface area (Å²) in [6.07, 6.45) is 1.91. The number of fused-ring (bicyclic) bond motifs is 1. The summed E-state index contributed by atoms with van der Waals surface area (Å²) in [6.45, 7) is -0.370. The van der Waals surface area contributed by atoms with Crippen LogP contribution in [0.5, 0.6) is 0 Å². The first kappa shape index (κ1) is 18.0. The van der Waals surface area contributed by atoms with Gasteiger partial charge in [-0.2, -0.15) is 0 Å². The molecule has 0 radical (unpaired) electrons. The zero-order valence-corrected chi connectivity index (χ0v) is 15.5. The maximum atomic E-state index is 12.9. The number of aromatic nitrogens is 1. The third-order valence-corrected chi connectivity index (χ3v) is 4.84. The van der Waals surface area contributed by atoms with Gasteiger partial charge in [-0.15, -0.1) is 0 Å². The molecule has 0 bridgehead atoms. The van der Waals surface area contributed by atoms with Crippen molar-refractivity contribution in [3.63, 3.8) is 0 Å². The van der Waals surface area contributed by atoms with E-state index < -0.39 is 5.97 Å². The summed E-state index contributed by atoms with van der Waals surface area (Å²) in [4.78, 5) is 37.6. The van der Waals surface area contributed by atoms with Gasteiger partial charge in [-0.25, -0.2) is 4.79 Å². The van der Waals surface area contributed by atoms with Gasteiger partial charge in [-0.05, 0) is 29.9 Å². The molecule has 6 nitrogen and oxygen atoms in total. The Bertz CT molecular complexity index is 1110. The van der Waals surface area contributed by atoms with Crippen LogP contribution in [0.2, 0.25) is 0 Å². The number of hydrogen-bond acceptors (Lipinski definition) is 4. The van der Waals surface area contributed by atoms with Crippen LogP contribution in [-0.4, -0.2) is 29.1 Å². The maximum Gasteiger partial charge on any atom is 0.356 e. The molecular weight excluding hydrogens is 356 g/mol. The second-order valence-electron chi connectivity index (χ2n) is 6.92. The van der Waals surface area contributed by atoms with Crippen LogP contribution in [-0.2, 0) is 16.6 Å². The first-order chi connectivity index (χ1) is 13.6. The van der Waals surface area contributed by atoms with Gasteiger partial charge in [-0.3, -0.25) is 9.59 Å². The standard InChI is InChI=1S/C22H20N2O4/c1-24-20(22(27)28-13-18(25)23-15-11-12-15)19(14-7-3-2-4-8-14)16-9-5-6-10-17(16)21(24)26/h2-10,15H,11-13H2,1H3,(H,23,25). The van der Waals surface area contributed by atoms with Crippen molar-refractivity contribution in [2.45, 2.75) is 18.9 Å². The predicted molar refractivity (Wildman–Crippen MR) is 106 cm³/mol. The van der Waals surface area contributed by atoms with Gasteiger partial charge in [0.1, 0.15) is 5.69 Å². The van der Waals surface area contributed by atoms with Crippen LogP contribution >= 0.6 is 0 Å². The molecule has 0 saturated heterocycles. The second-order valence-corrected chi connectivity index (χ2v) is 6.92. The Labute approximate surface area is 161 Å². The number of rotatable bonds is 5. The Balaban J connectivity index is 1.80. The lowest BCUT2D eigenvalue weighted by Gasteiger charge is -2.16. The van der Waals surface area contributed by atoms with Crippen LogP contribution in [0.1, 0.15) is 23.3 Å². The lowest BCUT2D eigenvalue weighted by atomic mass is 9.97. The van der Waals surface area contributed by atoms with Crippen molar-refractivity contribution in [3.8, 4) is 11.1 Å². The quantitative estimate of drug-likeness (QED) is 0.695. The Morgan fingerprint density at radius 3 is 2.36 bits per heavy atom. The molecule has 0 spiro atoms. The molecule has 28 heavy (non-hydrogen) atoms. The number of nitrogens with one attached hydrogen (secondary N) is 1. The smallest absolute Gasteiger partial charge is 0.356 e. The first-order valence-corrected chi connectivity index (χ1v) is 9.20. The number of pyridine rings is 1. The van der Waals surface area contributed by atoms with Crippen molar-refractivity contribution >= 4 is 22.6 Å². The van der Waals surface area contributed by atoms with Gasteiger partial charge in [0.25, 0.3) is 11.5 Å². The van der Waals surface area contributed by atoms with E-state index in [0.717, 1.165) is 18.4 Å². The van der Waals surface area contributed by atoms with E-state index in [1.165, 1.54) is 4.57 Å². The minimum absolute atomic E-state index is 0.133. The van der Waals surface area contributed by atoms with Crippen molar-refractivity contribution in [1.29, 1.82) is 0 Å². The van der Waals surface area contributed by atoms with Gasteiger partial charge in [0.05, 0.1) is 0 Å². The van der Waals surface area contributed by atoms with E-state index in [2.05, 4.69) is 5.32 Å². The zero-order chi connectivity index (χ0) is 19.7. The van der Waals surface area contributed by atoms with Gasteiger partial charge in [0, 0.05) is 24.0 Å². The second kappa shape index (κ2) is 7.31. The fourth-order valence-electron chi connectivity index (χ4n) is 3.30. The van der Waals surface area contributed by atoms with Crippen molar-refractivity contribution in [2.75, 3.05) is 6.61 Å². The van der Waals surface area contributed by atoms with Crippen molar-refractivity contribution in [1.82, 2.24) is 9.88 Å². The summed E-state index contributed by atoms with van der Waals surface area (Å²) in [5.74, 6) is -1.03. The van der Waals surface area contributed by atoms with Gasteiger partial charge >= 0.3 is 5.97 Å². The topological polar surface area (TPSA) is 77.4 Å². The SMILES string of the molecule is Cn1c(C(=O)OCC(=O)NC2CC2)c(-c2ccccc2)c2ccccc2c1=O. The van der Waals surface area contributed by atoms with Crippen LogP contribution in [0.3, 0.4) is 0 Å². The molecule has 0 unspecified atom stereocenters. The highest BCUT2D eigenvalue weighted by Gasteiger charge is 2.26. The molecule has 1 fully saturated rings. The molecule has 3 aromatic rings. The third-order valence-electron chi connectivity index (χ3n) is 4.84. The van der Waals surface area contributed by atoms with E-state index >= 15 is 0 Å². The van der Waals surface area contributed by atoms with E-state index in [0.29, 0.717) is 16.3 Å². The molecule has 0 atom stereocenters. The van der Waals surface area contributed by atoms with Crippen LogP contribution in [0, 0.1) is 0 Å². The van der Waals surface area contributed by atoms with Crippen molar-refractivity contribution in [2.24, 2.45) is 7.05 Å². The lowest BCUT2D eigenvalue weighted by molar-refractivity contribution is -0.124. The average Bonchev–Trinajstić information content (AvgIpc) is 3.53. The summed E-state index contributed by atoms with van der Waals surface area (Å²) in [5.41, 5.74) is 1.26.